The van der Waals surface area contributed by atoms with Crippen LogP contribution < -0.4 is 5.32 Å². The molecule has 1 fully saturated rings. The van der Waals surface area contributed by atoms with Crippen LogP contribution in [0.15, 0.2) is 30.9 Å². The molecule has 0 saturated carbocycles. The number of nitrogens with one attached hydrogen (secondary N) is 1. The molecule has 112 valence electrons. The molecule has 4 nitrogen and oxygen atoms in total. The van der Waals surface area contributed by atoms with E-state index in [-0.39, 0.29) is 0 Å². The Hall–Kier alpha value is -1.89. The van der Waals surface area contributed by atoms with Gasteiger partial charge >= 0.3 is 6.18 Å². The van der Waals surface area contributed by atoms with Gasteiger partial charge in [0.1, 0.15) is 5.69 Å². The fourth-order valence-electron chi connectivity index (χ4n) is 2.62. The van der Waals surface area contributed by atoms with Gasteiger partial charge in [-0.15, -0.1) is 0 Å². The van der Waals surface area contributed by atoms with Crippen LogP contribution in [0.1, 0.15) is 30.1 Å². The first-order chi connectivity index (χ1) is 10.1. The van der Waals surface area contributed by atoms with Crippen LogP contribution in [0.4, 0.5) is 13.2 Å². The molecular formula is C14H15F3N4. The van der Waals surface area contributed by atoms with Gasteiger partial charge < -0.3 is 9.88 Å². The van der Waals surface area contributed by atoms with Crippen LogP contribution in [0, 0.1) is 0 Å². The third-order valence-corrected chi connectivity index (χ3v) is 3.70. The molecule has 2 aromatic rings. The van der Waals surface area contributed by atoms with Crippen LogP contribution in [-0.2, 0) is 6.18 Å². The van der Waals surface area contributed by atoms with Crippen LogP contribution >= 0.6 is 0 Å². The Balaban J connectivity index is 1.89. The topological polar surface area (TPSA) is 42.7 Å². The van der Waals surface area contributed by atoms with E-state index in [0.29, 0.717) is 11.6 Å². The number of pyridine rings is 1. The first kappa shape index (κ1) is 14.1. The first-order valence-electron chi connectivity index (χ1n) is 6.82. The average molecular weight is 296 g/mol. The maximum atomic E-state index is 12.5. The van der Waals surface area contributed by atoms with E-state index in [1.165, 1.54) is 12.3 Å². The number of halogens is 3. The van der Waals surface area contributed by atoms with Gasteiger partial charge in [0.25, 0.3) is 0 Å². The van der Waals surface area contributed by atoms with E-state index in [1.807, 2.05) is 4.57 Å². The highest BCUT2D eigenvalue weighted by molar-refractivity contribution is 5.33. The summed E-state index contributed by atoms with van der Waals surface area (Å²) in [6.07, 6.45) is 2.35. The summed E-state index contributed by atoms with van der Waals surface area (Å²) in [4.78, 5) is 7.63. The Morgan fingerprint density at radius 3 is 2.71 bits per heavy atom. The molecule has 1 unspecified atom stereocenters. The molecule has 0 spiro atoms. The second kappa shape index (κ2) is 5.48. The lowest BCUT2D eigenvalue weighted by atomic mass is 9.96. The van der Waals surface area contributed by atoms with E-state index in [1.54, 1.807) is 12.5 Å². The van der Waals surface area contributed by atoms with Gasteiger partial charge in [-0.05, 0) is 31.5 Å². The van der Waals surface area contributed by atoms with Gasteiger partial charge in [-0.25, -0.2) is 9.97 Å². The first-order valence-corrected chi connectivity index (χ1v) is 6.82. The number of nitrogens with zero attached hydrogens (tertiary/aromatic N) is 3. The summed E-state index contributed by atoms with van der Waals surface area (Å²) in [7, 11) is 0. The summed E-state index contributed by atoms with van der Waals surface area (Å²) in [6.45, 7) is 1.87. The molecule has 0 bridgehead atoms. The Morgan fingerprint density at radius 2 is 2.10 bits per heavy atom. The van der Waals surface area contributed by atoms with Crippen LogP contribution in [0.2, 0.25) is 0 Å². The van der Waals surface area contributed by atoms with Gasteiger partial charge in [0, 0.05) is 24.4 Å². The van der Waals surface area contributed by atoms with Gasteiger partial charge in [0.05, 0.1) is 18.2 Å². The molecule has 0 radical (unpaired) electrons. The number of piperidine rings is 1. The molecule has 0 amide bonds. The molecule has 7 heteroatoms. The minimum absolute atomic E-state index is 0.323. The minimum atomic E-state index is -4.41. The van der Waals surface area contributed by atoms with E-state index < -0.39 is 11.9 Å². The highest BCUT2D eigenvalue weighted by Crippen LogP contribution is 2.29. The molecular weight excluding hydrogens is 281 g/mol. The Labute approximate surface area is 120 Å². The third kappa shape index (κ3) is 2.92. The number of alkyl halides is 3. The normalized spacial score (nSPS) is 19.7. The monoisotopic (exact) mass is 296 g/mol. The van der Waals surface area contributed by atoms with Crippen molar-refractivity contribution in [3.05, 3.63) is 42.2 Å². The molecule has 0 aromatic carbocycles. The largest absolute Gasteiger partial charge is 0.433 e. The molecule has 1 atom stereocenters. The Morgan fingerprint density at radius 1 is 1.24 bits per heavy atom. The van der Waals surface area contributed by atoms with Crippen molar-refractivity contribution in [2.24, 2.45) is 0 Å². The summed E-state index contributed by atoms with van der Waals surface area (Å²) >= 11 is 0. The quantitative estimate of drug-likeness (QED) is 0.926. The summed E-state index contributed by atoms with van der Waals surface area (Å²) in [5.41, 5.74) is 0.720. The van der Waals surface area contributed by atoms with Crippen molar-refractivity contribution < 1.29 is 13.2 Å². The van der Waals surface area contributed by atoms with Crippen molar-refractivity contribution in [3.63, 3.8) is 0 Å². The SMILES string of the molecule is FC(F)(F)c1ccc(-n2cncc2C2CCCNC2)cn1. The molecule has 21 heavy (non-hydrogen) atoms. The number of hydrogen-bond donors (Lipinski definition) is 1. The lowest BCUT2D eigenvalue weighted by molar-refractivity contribution is -0.141. The molecule has 3 heterocycles. The van der Waals surface area contributed by atoms with Gasteiger partial charge in [-0.3, -0.25) is 0 Å². The Kier molecular flexibility index (Phi) is 3.67. The zero-order valence-corrected chi connectivity index (χ0v) is 11.3. The molecule has 1 aliphatic heterocycles. The maximum Gasteiger partial charge on any atom is 0.433 e. The molecule has 0 aliphatic carbocycles. The van der Waals surface area contributed by atoms with E-state index in [0.717, 1.165) is 37.7 Å². The number of aromatic nitrogens is 3. The fraction of sp³-hybridized carbons (Fsp3) is 0.429. The second-order valence-electron chi connectivity index (χ2n) is 5.13. The standard InChI is InChI=1S/C14H15F3N4/c15-14(16,17)13-4-3-11(7-20-13)21-9-19-8-12(21)10-2-1-5-18-6-10/h3-4,7-10,18H,1-2,5-6H2. The summed E-state index contributed by atoms with van der Waals surface area (Å²) in [5, 5.41) is 3.33. The zero-order chi connectivity index (χ0) is 14.9. The summed E-state index contributed by atoms with van der Waals surface area (Å²) in [6, 6.07) is 2.43. The van der Waals surface area contributed by atoms with Crippen molar-refractivity contribution in [1.82, 2.24) is 19.9 Å². The van der Waals surface area contributed by atoms with Gasteiger partial charge in [-0.2, -0.15) is 13.2 Å². The molecule has 1 saturated heterocycles. The third-order valence-electron chi connectivity index (χ3n) is 3.70. The van der Waals surface area contributed by atoms with E-state index in [2.05, 4.69) is 15.3 Å². The zero-order valence-electron chi connectivity index (χ0n) is 11.3. The van der Waals surface area contributed by atoms with E-state index in [9.17, 15) is 13.2 Å². The minimum Gasteiger partial charge on any atom is -0.316 e. The van der Waals surface area contributed by atoms with E-state index >= 15 is 0 Å². The second-order valence-corrected chi connectivity index (χ2v) is 5.13. The molecule has 1 N–H and O–H groups in total. The van der Waals surface area contributed by atoms with Gasteiger partial charge in [0.15, 0.2) is 0 Å². The van der Waals surface area contributed by atoms with Crippen molar-refractivity contribution in [2.75, 3.05) is 13.1 Å². The lowest BCUT2D eigenvalue weighted by Crippen LogP contribution is -2.29. The van der Waals surface area contributed by atoms with E-state index in [4.69, 9.17) is 0 Å². The summed E-state index contributed by atoms with van der Waals surface area (Å²) < 4.78 is 39.4. The van der Waals surface area contributed by atoms with Crippen molar-refractivity contribution in [1.29, 1.82) is 0 Å². The van der Waals surface area contributed by atoms with Crippen LogP contribution in [0.25, 0.3) is 5.69 Å². The average Bonchev–Trinajstić information content (AvgIpc) is 2.97. The van der Waals surface area contributed by atoms with Gasteiger partial charge in [0.2, 0.25) is 0 Å². The predicted octanol–water partition coefficient (Wildman–Crippen LogP) is 2.75. The molecule has 3 rings (SSSR count). The highest BCUT2D eigenvalue weighted by atomic mass is 19.4. The van der Waals surface area contributed by atoms with Crippen molar-refractivity contribution in [2.45, 2.75) is 24.9 Å². The number of hydrogen-bond acceptors (Lipinski definition) is 3. The van der Waals surface area contributed by atoms with Crippen molar-refractivity contribution >= 4 is 0 Å². The lowest BCUT2D eigenvalue weighted by Gasteiger charge is -2.23. The smallest absolute Gasteiger partial charge is 0.316 e. The van der Waals surface area contributed by atoms with Gasteiger partial charge in [-0.1, -0.05) is 0 Å². The van der Waals surface area contributed by atoms with Crippen LogP contribution in [0.3, 0.4) is 0 Å². The highest BCUT2D eigenvalue weighted by Gasteiger charge is 2.32. The number of rotatable bonds is 2. The predicted molar refractivity (Wildman–Crippen MR) is 71.2 cm³/mol. The molecule has 2 aromatic heterocycles. The Bertz CT molecular complexity index is 597. The van der Waals surface area contributed by atoms with Crippen LogP contribution in [0.5, 0.6) is 0 Å². The van der Waals surface area contributed by atoms with Crippen molar-refractivity contribution in [3.8, 4) is 5.69 Å². The van der Waals surface area contributed by atoms with Crippen LogP contribution in [-0.4, -0.2) is 27.6 Å². The number of imidazole rings is 1. The maximum absolute atomic E-state index is 12.5. The summed E-state index contributed by atoms with van der Waals surface area (Å²) in [5.74, 6) is 0.323. The fourth-order valence-corrected chi connectivity index (χ4v) is 2.62. The molecule has 1 aliphatic rings.